The van der Waals surface area contributed by atoms with E-state index in [-0.39, 0.29) is 11.6 Å². The lowest BCUT2D eigenvalue weighted by atomic mass is 10.0. The summed E-state index contributed by atoms with van der Waals surface area (Å²) in [6.45, 7) is 0. The second kappa shape index (κ2) is 5.68. The molecule has 0 amide bonds. The summed E-state index contributed by atoms with van der Waals surface area (Å²) < 4.78 is 27.3. The fraction of sp³-hybridized carbons (Fsp3) is 0.0769. The Morgan fingerprint density at radius 2 is 1.44 bits per heavy atom. The van der Waals surface area contributed by atoms with Gasteiger partial charge in [0.05, 0.1) is 14.3 Å². The minimum atomic E-state index is -0.524. The second-order valence-corrected chi connectivity index (χ2v) is 5.85. The van der Waals surface area contributed by atoms with Gasteiger partial charge in [-0.25, -0.2) is 8.78 Å². The highest BCUT2D eigenvalue weighted by Gasteiger charge is 2.14. The zero-order chi connectivity index (χ0) is 13.3. The Labute approximate surface area is 125 Å². The molecule has 94 valence electrons. The van der Waals surface area contributed by atoms with Crippen LogP contribution < -0.4 is 0 Å². The molecule has 5 heteroatoms. The molecule has 0 radical (unpaired) electrons. The van der Waals surface area contributed by atoms with Crippen LogP contribution >= 0.6 is 43.5 Å². The first kappa shape index (κ1) is 14.0. The van der Waals surface area contributed by atoms with Gasteiger partial charge in [0, 0.05) is 0 Å². The van der Waals surface area contributed by atoms with Crippen molar-refractivity contribution in [1.29, 1.82) is 0 Å². The van der Waals surface area contributed by atoms with Crippen LogP contribution in [0, 0.1) is 11.6 Å². The predicted octanol–water partition coefficient (Wildman–Crippen LogP) is 5.82. The average molecular weight is 396 g/mol. The summed E-state index contributed by atoms with van der Waals surface area (Å²) in [6.07, 6.45) is 0. The zero-order valence-electron chi connectivity index (χ0n) is 8.93. The van der Waals surface area contributed by atoms with Crippen LogP contribution in [0.15, 0.2) is 45.3 Å². The lowest BCUT2D eigenvalue weighted by molar-refractivity contribution is 0.617. The maximum atomic E-state index is 13.4. The molecule has 2 aromatic carbocycles. The van der Waals surface area contributed by atoms with Crippen LogP contribution in [0.5, 0.6) is 0 Å². The SMILES string of the molecule is Fc1cc(C(Cl)c2ccc(F)c(Br)c2)ccc1Br. The van der Waals surface area contributed by atoms with Crippen molar-refractivity contribution < 1.29 is 8.78 Å². The van der Waals surface area contributed by atoms with E-state index in [0.717, 1.165) is 0 Å². The number of hydrogen-bond acceptors (Lipinski definition) is 0. The fourth-order valence-corrected chi connectivity index (χ4v) is 2.45. The first-order valence-corrected chi connectivity index (χ1v) is 7.05. The van der Waals surface area contributed by atoms with Gasteiger partial charge < -0.3 is 0 Å². The van der Waals surface area contributed by atoms with Crippen molar-refractivity contribution in [3.63, 3.8) is 0 Å². The molecule has 0 aliphatic rings. The Morgan fingerprint density at radius 1 is 0.833 bits per heavy atom. The van der Waals surface area contributed by atoms with Crippen molar-refractivity contribution in [2.45, 2.75) is 5.38 Å². The van der Waals surface area contributed by atoms with E-state index in [1.807, 2.05) is 0 Å². The van der Waals surface area contributed by atoms with Crippen molar-refractivity contribution in [1.82, 2.24) is 0 Å². The Hall–Kier alpha value is -0.450. The van der Waals surface area contributed by atoms with Crippen LogP contribution in [-0.2, 0) is 0 Å². The van der Waals surface area contributed by atoms with Gasteiger partial charge in [0.1, 0.15) is 11.6 Å². The van der Waals surface area contributed by atoms with E-state index >= 15 is 0 Å². The van der Waals surface area contributed by atoms with E-state index in [9.17, 15) is 8.78 Å². The fourth-order valence-electron chi connectivity index (χ4n) is 1.53. The third-order valence-corrected chi connectivity index (χ3v) is 4.23. The summed E-state index contributed by atoms with van der Waals surface area (Å²) in [5.74, 6) is -0.732. The summed E-state index contributed by atoms with van der Waals surface area (Å²) >= 11 is 12.4. The average Bonchev–Trinajstić information content (AvgIpc) is 2.35. The lowest BCUT2D eigenvalue weighted by Gasteiger charge is -2.11. The van der Waals surface area contributed by atoms with E-state index in [1.165, 1.54) is 12.1 Å². The minimum Gasteiger partial charge on any atom is -0.206 e. The highest BCUT2D eigenvalue weighted by Crippen LogP contribution is 2.32. The molecule has 0 aliphatic heterocycles. The summed E-state index contributed by atoms with van der Waals surface area (Å²) in [5, 5.41) is -0.524. The van der Waals surface area contributed by atoms with Gasteiger partial charge in [0.2, 0.25) is 0 Å². The van der Waals surface area contributed by atoms with Crippen LogP contribution in [0.25, 0.3) is 0 Å². The molecule has 2 rings (SSSR count). The molecule has 0 heterocycles. The molecule has 0 saturated carbocycles. The van der Waals surface area contributed by atoms with Crippen molar-refractivity contribution in [2.24, 2.45) is 0 Å². The Bertz CT molecular complexity index is 536. The van der Waals surface area contributed by atoms with Gasteiger partial charge in [-0.05, 0) is 67.3 Å². The van der Waals surface area contributed by atoms with Crippen LogP contribution in [0.2, 0.25) is 0 Å². The molecule has 0 saturated heterocycles. The third-order valence-electron chi connectivity index (χ3n) is 2.47. The smallest absolute Gasteiger partial charge is 0.137 e. The number of rotatable bonds is 2. The van der Waals surface area contributed by atoms with Gasteiger partial charge in [0.25, 0.3) is 0 Å². The van der Waals surface area contributed by atoms with Gasteiger partial charge in [-0.2, -0.15) is 0 Å². The zero-order valence-corrected chi connectivity index (χ0v) is 12.9. The lowest BCUT2D eigenvalue weighted by Crippen LogP contribution is -1.95. The normalized spacial score (nSPS) is 12.5. The standard InChI is InChI=1S/C13H7Br2ClF2/c14-9-3-1-8(6-12(9)18)13(16)7-2-4-11(17)10(15)5-7/h1-6,13H. The molecule has 2 aromatic rings. The summed E-state index contributed by atoms with van der Waals surface area (Å²) in [7, 11) is 0. The van der Waals surface area contributed by atoms with Gasteiger partial charge >= 0.3 is 0 Å². The van der Waals surface area contributed by atoms with E-state index in [4.69, 9.17) is 11.6 Å². The molecule has 0 bridgehead atoms. The first-order chi connectivity index (χ1) is 8.49. The molecule has 0 aromatic heterocycles. The largest absolute Gasteiger partial charge is 0.206 e. The van der Waals surface area contributed by atoms with Gasteiger partial charge in [-0.3, -0.25) is 0 Å². The molecular formula is C13H7Br2ClF2. The molecule has 0 nitrogen and oxygen atoms in total. The van der Waals surface area contributed by atoms with Crippen LogP contribution in [-0.4, -0.2) is 0 Å². The van der Waals surface area contributed by atoms with Crippen LogP contribution in [0.4, 0.5) is 8.78 Å². The highest BCUT2D eigenvalue weighted by atomic mass is 79.9. The number of alkyl halides is 1. The minimum absolute atomic E-state index is 0.336. The third kappa shape index (κ3) is 2.92. The second-order valence-electron chi connectivity index (χ2n) is 3.71. The van der Waals surface area contributed by atoms with Crippen LogP contribution in [0.1, 0.15) is 16.5 Å². The van der Waals surface area contributed by atoms with E-state index < -0.39 is 5.38 Å². The topological polar surface area (TPSA) is 0 Å². The van der Waals surface area contributed by atoms with E-state index in [0.29, 0.717) is 20.1 Å². The summed E-state index contributed by atoms with van der Waals surface area (Å²) in [4.78, 5) is 0. The highest BCUT2D eigenvalue weighted by molar-refractivity contribution is 9.10. The first-order valence-electron chi connectivity index (χ1n) is 5.03. The molecule has 1 unspecified atom stereocenters. The summed E-state index contributed by atoms with van der Waals surface area (Å²) in [5.41, 5.74) is 1.32. The number of halogens is 5. The van der Waals surface area contributed by atoms with E-state index in [2.05, 4.69) is 31.9 Å². The Morgan fingerprint density at radius 3 is 2.06 bits per heavy atom. The number of benzene rings is 2. The predicted molar refractivity (Wildman–Crippen MR) is 75.9 cm³/mol. The van der Waals surface area contributed by atoms with Crippen molar-refractivity contribution in [2.75, 3.05) is 0 Å². The molecule has 0 fully saturated rings. The monoisotopic (exact) mass is 394 g/mol. The van der Waals surface area contributed by atoms with Gasteiger partial charge in [-0.15, -0.1) is 11.6 Å². The molecule has 1 atom stereocenters. The van der Waals surface area contributed by atoms with Gasteiger partial charge in [-0.1, -0.05) is 12.1 Å². The number of hydrogen-bond donors (Lipinski definition) is 0. The van der Waals surface area contributed by atoms with E-state index in [1.54, 1.807) is 24.3 Å². The van der Waals surface area contributed by atoms with Gasteiger partial charge in [0.15, 0.2) is 0 Å². The molecule has 0 N–H and O–H groups in total. The molecular weight excluding hydrogens is 389 g/mol. The summed E-state index contributed by atoms with van der Waals surface area (Å²) in [6, 6.07) is 9.17. The molecule has 18 heavy (non-hydrogen) atoms. The maximum Gasteiger partial charge on any atom is 0.137 e. The molecule has 0 aliphatic carbocycles. The van der Waals surface area contributed by atoms with Crippen molar-refractivity contribution in [3.8, 4) is 0 Å². The van der Waals surface area contributed by atoms with Crippen molar-refractivity contribution in [3.05, 3.63) is 68.1 Å². The maximum absolute atomic E-state index is 13.4. The van der Waals surface area contributed by atoms with Crippen molar-refractivity contribution >= 4 is 43.5 Å². The Balaban J connectivity index is 2.37. The van der Waals surface area contributed by atoms with Crippen LogP contribution in [0.3, 0.4) is 0 Å². The molecule has 0 spiro atoms. The quantitative estimate of drug-likeness (QED) is 0.561. The Kier molecular flexibility index (Phi) is 4.41.